The smallest absolute Gasteiger partial charge is 0.00914 e. The van der Waals surface area contributed by atoms with Gasteiger partial charge in [0.15, 0.2) is 0 Å². The molecule has 0 aliphatic heterocycles. The van der Waals surface area contributed by atoms with Crippen LogP contribution in [0.25, 0.3) is 0 Å². The molecule has 0 spiro atoms. The van der Waals surface area contributed by atoms with Gasteiger partial charge in [-0.25, -0.2) is 0 Å². The van der Waals surface area contributed by atoms with Crippen LogP contribution in [0.3, 0.4) is 0 Å². The maximum absolute atomic E-state index is 3.36. The van der Waals surface area contributed by atoms with E-state index in [4.69, 9.17) is 0 Å². The average Bonchev–Trinajstić information content (AvgIpc) is 2.76. The van der Waals surface area contributed by atoms with Crippen LogP contribution in [-0.4, -0.2) is 0 Å². The van der Waals surface area contributed by atoms with E-state index in [2.05, 4.69) is 44.0 Å². The number of hydrogen-bond donors (Lipinski definition) is 0. The van der Waals surface area contributed by atoms with Gasteiger partial charge in [0.2, 0.25) is 0 Å². The lowest BCUT2D eigenvalue weighted by molar-refractivity contribution is 0.579. The monoisotopic (exact) mass is 413 g/mol. The summed E-state index contributed by atoms with van der Waals surface area (Å²) in [5.41, 5.74) is 0. The van der Waals surface area contributed by atoms with Crippen molar-refractivity contribution < 1.29 is 0 Å². The van der Waals surface area contributed by atoms with E-state index in [-0.39, 0.29) is 0 Å². The zero-order valence-electron chi connectivity index (χ0n) is 20.8. The first kappa shape index (κ1) is 29.1. The lowest BCUT2D eigenvalue weighted by Gasteiger charge is -1.99. The quantitative estimate of drug-likeness (QED) is 0.130. The second kappa shape index (κ2) is 28.1. The van der Waals surface area contributed by atoms with Crippen LogP contribution in [0.1, 0.15) is 162 Å². The highest BCUT2D eigenvalue weighted by Crippen LogP contribution is 2.10. The van der Waals surface area contributed by atoms with Crippen LogP contribution in [0, 0.1) is 30.1 Å². The van der Waals surface area contributed by atoms with Gasteiger partial charge in [0, 0.05) is 25.7 Å². The fraction of sp³-hybridized carbons (Fsp3) is 0.833. The molecule has 0 aliphatic carbocycles. The molecule has 0 aliphatic rings. The number of hydrogen-bond acceptors (Lipinski definition) is 0. The minimum Gasteiger partial charge on any atom is -0.103 e. The minimum atomic E-state index is 1.06. The molecular formula is C30H53. The zero-order chi connectivity index (χ0) is 21.8. The summed E-state index contributed by atoms with van der Waals surface area (Å²) in [7, 11) is 0. The van der Waals surface area contributed by atoms with Crippen LogP contribution in [0.5, 0.6) is 0 Å². The molecule has 0 nitrogen and oxygen atoms in total. The second-order valence-corrected chi connectivity index (χ2v) is 8.88. The molecule has 0 unspecified atom stereocenters. The van der Waals surface area contributed by atoms with Crippen molar-refractivity contribution in [2.45, 2.75) is 162 Å². The Kier molecular flexibility index (Phi) is 27.3. The Morgan fingerprint density at radius 2 is 0.733 bits per heavy atom. The summed E-state index contributed by atoms with van der Waals surface area (Å²) in [4.78, 5) is 0. The Balaban J connectivity index is 3.17. The largest absolute Gasteiger partial charge is 0.103 e. The normalized spacial score (nSPS) is 10.3. The van der Waals surface area contributed by atoms with Gasteiger partial charge < -0.3 is 0 Å². The maximum Gasteiger partial charge on any atom is 0.00914 e. The minimum absolute atomic E-state index is 1.06. The Morgan fingerprint density at radius 3 is 1.20 bits per heavy atom. The Bertz CT molecular complexity index is 424. The molecule has 0 heteroatoms. The molecule has 0 saturated heterocycles. The third kappa shape index (κ3) is 27.1. The summed E-state index contributed by atoms with van der Waals surface area (Å²) >= 11 is 0. The Labute approximate surface area is 191 Å². The van der Waals surface area contributed by atoms with Crippen molar-refractivity contribution in [3.05, 3.63) is 6.42 Å². The van der Waals surface area contributed by atoms with Crippen molar-refractivity contribution >= 4 is 0 Å². The topological polar surface area (TPSA) is 0 Å². The molecule has 0 aromatic rings. The second-order valence-electron chi connectivity index (χ2n) is 8.88. The van der Waals surface area contributed by atoms with Gasteiger partial charge in [0.05, 0.1) is 0 Å². The molecule has 173 valence electrons. The fourth-order valence-corrected chi connectivity index (χ4v) is 3.69. The van der Waals surface area contributed by atoms with Gasteiger partial charge in [-0.2, -0.15) is 0 Å². The molecule has 0 amide bonds. The summed E-state index contributed by atoms with van der Waals surface area (Å²) in [6, 6.07) is 0. The standard InChI is InChI=1S/C30H53/c1-3-5-7-9-11-13-15-17-19-21-23-25-27-29-30-28-26-24-22-20-18-16-14-12-10-8-6-4-2/h29H,3-17,19,22,24-28,30H2,1-2H3. The summed E-state index contributed by atoms with van der Waals surface area (Å²) in [5.74, 6) is 13.4. The molecule has 0 fully saturated rings. The van der Waals surface area contributed by atoms with Gasteiger partial charge in [-0.1, -0.05) is 110 Å². The van der Waals surface area contributed by atoms with Crippen LogP contribution in [-0.2, 0) is 0 Å². The molecule has 0 aromatic carbocycles. The lowest BCUT2D eigenvalue weighted by atomic mass is 10.1. The van der Waals surface area contributed by atoms with E-state index >= 15 is 0 Å². The van der Waals surface area contributed by atoms with Crippen molar-refractivity contribution in [1.82, 2.24) is 0 Å². The van der Waals surface area contributed by atoms with E-state index in [0.717, 1.165) is 25.7 Å². The van der Waals surface area contributed by atoms with Gasteiger partial charge >= 0.3 is 0 Å². The first-order valence-corrected chi connectivity index (χ1v) is 13.6. The first-order valence-electron chi connectivity index (χ1n) is 13.6. The Hall–Kier alpha value is -0.880. The molecule has 0 aromatic heterocycles. The van der Waals surface area contributed by atoms with Gasteiger partial charge in [-0.05, 0) is 32.1 Å². The molecule has 0 heterocycles. The average molecular weight is 414 g/mol. The van der Waals surface area contributed by atoms with E-state index in [0.29, 0.717) is 0 Å². The van der Waals surface area contributed by atoms with Gasteiger partial charge in [-0.15, -0.1) is 23.7 Å². The molecule has 0 atom stereocenters. The van der Waals surface area contributed by atoms with Gasteiger partial charge in [0.25, 0.3) is 0 Å². The fourth-order valence-electron chi connectivity index (χ4n) is 3.69. The maximum atomic E-state index is 3.36. The van der Waals surface area contributed by atoms with Crippen LogP contribution < -0.4 is 0 Å². The molecule has 0 bridgehead atoms. The van der Waals surface area contributed by atoms with Crippen LogP contribution in [0.15, 0.2) is 0 Å². The van der Waals surface area contributed by atoms with E-state index in [1.54, 1.807) is 0 Å². The summed E-state index contributed by atoms with van der Waals surface area (Å²) < 4.78 is 0. The highest BCUT2D eigenvalue weighted by atomic mass is 14.0. The van der Waals surface area contributed by atoms with Crippen molar-refractivity contribution in [3.8, 4) is 23.7 Å². The summed E-state index contributed by atoms with van der Waals surface area (Å²) in [6.45, 7) is 4.56. The molecule has 0 N–H and O–H groups in total. The molecule has 1 radical (unpaired) electrons. The molecular weight excluding hydrogens is 360 g/mol. The van der Waals surface area contributed by atoms with Crippen LogP contribution in [0.2, 0.25) is 0 Å². The Morgan fingerprint density at radius 1 is 0.367 bits per heavy atom. The van der Waals surface area contributed by atoms with E-state index < -0.39 is 0 Å². The van der Waals surface area contributed by atoms with E-state index in [1.165, 1.54) is 122 Å². The predicted molar refractivity (Wildman–Crippen MR) is 137 cm³/mol. The third-order valence-electron chi connectivity index (χ3n) is 5.74. The number of rotatable bonds is 21. The van der Waals surface area contributed by atoms with E-state index in [1.807, 2.05) is 0 Å². The highest BCUT2D eigenvalue weighted by molar-refractivity contribution is 4.99. The summed E-state index contributed by atoms with van der Waals surface area (Å²) in [5, 5.41) is 0. The molecule has 30 heavy (non-hydrogen) atoms. The molecule has 0 rings (SSSR count). The summed E-state index contributed by atoms with van der Waals surface area (Å²) in [6.07, 6.45) is 32.5. The van der Waals surface area contributed by atoms with Crippen molar-refractivity contribution in [3.63, 3.8) is 0 Å². The lowest BCUT2D eigenvalue weighted by Crippen LogP contribution is -1.81. The van der Waals surface area contributed by atoms with Crippen LogP contribution >= 0.6 is 0 Å². The zero-order valence-corrected chi connectivity index (χ0v) is 20.8. The van der Waals surface area contributed by atoms with Gasteiger partial charge in [-0.3, -0.25) is 0 Å². The van der Waals surface area contributed by atoms with Crippen molar-refractivity contribution in [2.24, 2.45) is 0 Å². The first-order chi connectivity index (χ1) is 14.9. The highest BCUT2D eigenvalue weighted by Gasteiger charge is 1.92. The number of unbranched alkanes of at least 4 members (excludes halogenated alkanes) is 21. The molecule has 0 saturated carbocycles. The predicted octanol–water partition coefficient (Wildman–Crippen LogP) is 10.2. The van der Waals surface area contributed by atoms with E-state index in [9.17, 15) is 0 Å². The third-order valence-corrected chi connectivity index (χ3v) is 5.74. The van der Waals surface area contributed by atoms with Gasteiger partial charge in [0.1, 0.15) is 0 Å². The SMILES string of the molecule is CCCCCCCCC#CCCCCC[CH]CCC#CCCCCCCCCCC. The van der Waals surface area contributed by atoms with Crippen LogP contribution in [0.4, 0.5) is 0 Å². The van der Waals surface area contributed by atoms with Crippen molar-refractivity contribution in [2.75, 3.05) is 0 Å². The van der Waals surface area contributed by atoms with Crippen molar-refractivity contribution in [1.29, 1.82) is 0 Å².